The quantitative estimate of drug-likeness (QED) is 0.901. The van der Waals surface area contributed by atoms with Crippen molar-refractivity contribution in [3.8, 4) is 0 Å². The summed E-state index contributed by atoms with van der Waals surface area (Å²) in [5.74, 6) is -0.0341. The molecule has 0 radical (unpaired) electrons. The average molecular weight is 246 g/mol. The van der Waals surface area contributed by atoms with E-state index in [-0.39, 0.29) is 5.91 Å². The number of aromatic nitrogens is 1. The number of rotatable bonds is 4. The van der Waals surface area contributed by atoms with Gasteiger partial charge in [0.05, 0.1) is 11.2 Å². The standard InChI is InChI=1S/C13H14N2OS/c1-2-11-12(17-9-15-11)13(16)14-8-10-6-4-3-5-7-10/h3-7,9H,2,8H2,1H3,(H,14,16). The van der Waals surface area contributed by atoms with Crippen LogP contribution in [0.4, 0.5) is 0 Å². The van der Waals surface area contributed by atoms with Crippen molar-refractivity contribution < 1.29 is 4.79 Å². The molecule has 1 N–H and O–H groups in total. The maximum Gasteiger partial charge on any atom is 0.263 e. The minimum absolute atomic E-state index is 0.0341. The van der Waals surface area contributed by atoms with Gasteiger partial charge in [-0.1, -0.05) is 37.3 Å². The Morgan fingerprint density at radius 2 is 2.12 bits per heavy atom. The lowest BCUT2D eigenvalue weighted by molar-refractivity contribution is 0.0954. The van der Waals surface area contributed by atoms with E-state index in [2.05, 4.69) is 10.3 Å². The Hall–Kier alpha value is -1.68. The number of hydrogen-bond acceptors (Lipinski definition) is 3. The SMILES string of the molecule is CCc1ncsc1C(=O)NCc1ccccc1. The van der Waals surface area contributed by atoms with Crippen molar-refractivity contribution in [2.45, 2.75) is 19.9 Å². The summed E-state index contributed by atoms with van der Waals surface area (Å²) < 4.78 is 0. The molecule has 1 aromatic heterocycles. The van der Waals surface area contributed by atoms with E-state index in [1.807, 2.05) is 37.3 Å². The van der Waals surface area contributed by atoms with Gasteiger partial charge in [0.25, 0.3) is 5.91 Å². The molecule has 0 aliphatic heterocycles. The van der Waals surface area contributed by atoms with E-state index in [0.29, 0.717) is 6.54 Å². The fraction of sp³-hybridized carbons (Fsp3) is 0.231. The summed E-state index contributed by atoms with van der Waals surface area (Å²) in [7, 11) is 0. The van der Waals surface area contributed by atoms with Crippen LogP contribution in [0, 0.1) is 0 Å². The van der Waals surface area contributed by atoms with Gasteiger partial charge in [0.1, 0.15) is 4.88 Å². The van der Waals surface area contributed by atoms with Gasteiger partial charge in [-0.3, -0.25) is 4.79 Å². The highest BCUT2D eigenvalue weighted by molar-refractivity contribution is 7.11. The minimum atomic E-state index is -0.0341. The van der Waals surface area contributed by atoms with Gasteiger partial charge in [-0.25, -0.2) is 4.98 Å². The van der Waals surface area contributed by atoms with E-state index in [1.54, 1.807) is 5.51 Å². The molecule has 0 bridgehead atoms. The first-order valence-corrected chi connectivity index (χ1v) is 6.43. The Bertz CT molecular complexity index is 493. The predicted molar refractivity (Wildman–Crippen MR) is 69.1 cm³/mol. The maximum absolute atomic E-state index is 11.9. The van der Waals surface area contributed by atoms with Gasteiger partial charge in [0, 0.05) is 6.54 Å². The summed E-state index contributed by atoms with van der Waals surface area (Å²) >= 11 is 1.39. The second-order valence-electron chi connectivity index (χ2n) is 3.65. The van der Waals surface area contributed by atoms with Gasteiger partial charge in [0.2, 0.25) is 0 Å². The molecule has 0 saturated heterocycles. The minimum Gasteiger partial charge on any atom is -0.347 e. The van der Waals surface area contributed by atoms with Crippen LogP contribution in [0.1, 0.15) is 27.9 Å². The lowest BCUT2D eigenvalue weighted by atomic mass is 10.2. The van der Waals surface area contributed by atoms with Crippen LogP contribution in [-0.4, -0.2) is 10.9 Å². The topological polar surface area (TPSA) is 42.0 Å². The Morgan fingerprint density at radius 3 is 2.82 bits per heavy atom. The number of carbonyl (C=O) groups is 1. The van der Waals surface area contributed by atoms with Gasteiger partial charge >= 0.3 is 0 Å². The first-order chi connectivity index (χ1) is 8.31. The Morgan fingerprint density at radius 1 is 1.35 bits per heavy atom. The van der Waals surface area contributed by atoms with Crippen molar-refractivity contribution in [1.29, 1.82) is 0 Å². The zero-order valence-electron chi connectivity index (χ0n) is 9.64. The fourth-order valence-electron chi connectivity index (χ4n) is 1.56. The molecule has 0 aliphatic rings. The number of hydrogen-bond donors (Lipinski definition) is 1. The van der Waals surface area contributed by atoms with Crippen LogP contribution in [0.5, 0.6) is 0 Å². The molecule has 2 rings (SSSR count). The fourth-order valence-corrected chi connectivity index (χ4v) is 2.36. The third kappa shape index (κ3) is 2.91. The lowest BCUT2D eigenvalue weighted by Crippen LogP contribution is -2.22. The highest BCUT2D eigenvalue weighted by atomic mass is 32.1. The van der Waals surface area contributed by atoms with Crippen LogP contribution < -0.4 is 5.32 Å². The molecule has 1 aromatic carbocycles. The van der Waals surface area contributed by atoms with Crippen LogP contribution in [0.25, 0.3) is 0 Å². The van der Waals surface area contributed by atoms with E-state index >= 15 is 0 Å². The average Bonchev–Trinajstić information content (AvgIpc) is 2.85. The third-order valence-electron chi connectivity index (χ3n) is 2.48. The highest BCUT2D eigenvalue weighted by Crippen LogP contribution is 2.13. The van der Waals surface area contributed by atoms with Crippen LogP contribution in [0.3, 0.4) is 0 Å². The number of aryl methyl sites for hydroxylation is 1. The second-order valence-corrected chi connectivity index (χ2v) is 4.50. The van der Waals surface area contributed by atoms with E-state index < -0.39 is 0 Å². The molecule has 0 aliphatic carbocycles. The number of nitrogens with zero attached hydrogens (tertiary/aromatic N) is 1. The van der Waals surface area contributed by atoms with E-state index in [9.17, 15) is 4.79 Å². The summed E-state index contributed by atoms with van der Waals surface area (Å²) in [6.07, 6.45) is 0.789. The van der Waals surface area contributed by atoms with E-state index in [1.165, 1.54) is 11.3 Å². The molecule has 3 nitrogen and oxygen atoms in total. The monoisotopic (exact) mass is 246 g/mol. The van der Waals surface area contributed by atoms with Crippen molar-refractivity contribution in [1.82, 2.24) is 10.3 Å². The van der Waals surface area contributed by atoms with E-state index in [0.717, 1.165) is 22.6 Å². The first-order valence-electron chi connectivity index (χ1n) is 5.55. The number of nitrogens with one attached hydrogen (secondary N) is 1. The Balaban J connectivity index is 1.98. The molecule has 0 saturated carbocycles. The largest absolute Gasteiger partial charge is 0.347 e. The van der Waals surface area contributed by atoms with Crippen molar-refractivity contribution in [2.24, 2.45) is 0 Å². The molecule has 1 heterocycles. The molecular weight excluding hydrogens is 232 g/mol. The van der Waals surface area contributed by atoms with Crippen molar-refractivity contribution in [2.75, 3.05) is 0 Å². The molecular formula is C13H14N2OS. The Labute approximate surface area is 105 Å². The summed E-state index contributed by atoms with van der Waals surface area (Å²) in [6, 6.07) is 9.88. The molecule has 0 fully saturated rings. The van der Waals surface area contributed by atoms with Gasteiger partial charge in [-0.15, -0.1) is 11.3 Å². The third-order valence-corrected chi connectivity index (χ3v) is 3.35. The molecule has 4 heteroatoms. The zero-order valence-corrected chi connectivity index (χ0v) is 10.5. The van der Waals surface area contributed by atoms with Crippen molar-refractivity contribution in [3.05, 3.63) is 52.0 Å². The van der Waals surface area contributed by atoms with E-state index in [4.69, 9.17) is 0 Å². The molecule has 0 unspecified atom stereocenters. The van der Waals surface area contributed by atoms with Gasteiger partial charge in [0.15, 0.2) is 0 Å². The highest BCUT2D eigenvalue weighted by Gasteiger charge is 2.12. The summed E-state index contributed by atoms with van der Waals surface area (Å²) in [5.41, 5.74) is 3.69. The number of carbonyl (C=O) groups excluding carboxylic acids is 1. The molecule has 88 valence electrons. The van der Waals surface area contributed by atoms with Gasteiger partial charge < -0.3 is 5.32 Å². The van der Waals surface area contributed by atoms with Crippen LogP contribution in [0.2, 0.25) is 0 Å². The second kappa shape index (κ2) is 5.59. The molecule has 17 heavy (non-hydrogen) atoms. The summed E-state index contributed by atoms with van der Waals surface area (Å²) in [5, 5.41) is 2.91. The zero-order chi connectivity index (χ0) is 12.1. The van der Waals surface area contributed by atoms with Crippen LogP contribution in [-0.2, 0) is 13.0 Å². The number of thiazole rings is 1. The number of amides is 1. The normalized spacial score (nSPS) is 10.2. The molecule has 1 amide bonds. The lowest BCUT2D eigenvalue weighted by Gasteiger charge is -2.04. The van der Waals surface area contributed by atoms with Crippen molar-refractivity contribution >= 4 is 17.2 Å². The first kappa shape index (κ1) is 11.8. The molecule has 0 spiro atoms. The van der Waals surface area contributed by atoms with Gasteiger partial charge in [-0.05, 0) is 12.0 Å². The molecule has 2 aromatic rings. The predicted octanol–water partition coefficient (Wildman–Crippen LogP) is 2.64. The summed E-state index contributed by atoms with van der Waals surface area (Å²) in [4.78, 5) is 16.8. The van der Waals surface area contributed by atoms with Crippen molar-refractivity contribution in [3.63, 3.8) is 0 Å². The number of benzene rings is 1. The maximum atomic E-state index is 11.9. The van der Waals surface area contributed by atoms with Crippen LogP contribution in [0.15, 0.2) is 35.8 Å². The summed E-state index contributed by atoms with van der Waals surface area (Å²) in [6.45, 7) is 2.56. The van der Waals surface area contributed by atoms with Gasteiger partial charge in [-0.2, -0.15) is 0 Å². The molecule has 0 atom stereocenters. The van der Waals surface area contributed by atoms with Crippen LogP contribution >= 0.6 is 11.3 Å². The smallest absolute Gasteiger partial charge is 0.263 e. The Kier molecular flexibility index (Phi) is 3.88.